The molecule has 1 saturated heterocycles. The Bertz CT molecular complexity index is 832. The Balaban J connectivity index is 1.46. The fourth-order valence-corrected chi connectivity index (χ4v) is 3.49. The summed E-state index contributed by atoms with van der Waals surface area (Å²) in [5.41, 5.74) is 2.98. The average Bonchev–Trinajstić information content (AvgIpc) is 3.32. The monoisotopic (exact) mass is 408 g/mol. The number of nitrogens with zero attached hydrogens (tertiary/aromatic N) is 1. The number of benzene rings is 2. The van der Waals surface area contributed by atoms with E-state index in [0.717, 1.165) is 37.5 Å². The van der Waals surface area contributed by atoms with Gasteiger partial charge in [-0.15, -0.1) is 0 Å². The van der Waals surface area contributed by atoms with Crippen LogP contribution >= 0.6 is 0 Å². The maximum atomic E-state index is 12.4. The van der Waals surface area contributed by atoms with E-state index in [1.807, 2.05) is 30.3 Å². The Morgan fingerprint density at radius 1 is 1.13 bits per heavy atom. The molecule has 6 heteroatoms. The van der Waals surface area contributed by atoms with Gasteiger partial charge in [0.25, 0.3) is 5.91 Å². The third-order valence-corrected chi connectivity index (χ3v) is 5.33. The van der Waals surface area contributed by atoms with Gasteiger partial charge in [0, 0.05) is 38.9 Å². The van der Waals surface area contributed by atoms with E-state index in [1.54, 1.807) is 7.05 Å². The molecule has 2 aromatic rings. The maximum Gasteiger partial charge on any atom is 0.251 e. The van der Waals surface area contributed by atoms with Crippen LogP contribution in [0.5, 0.6) is 0 Å². The van der Waals surface area contributed by atoms with Crippen molar-refractivity contribution >= 4 is 11.9 Å². The molecule has 1 amide bonds. The number of aliphatic imine (C=N–C) groups is 1. The first kappa shape index (κ1) is 21.8. The number of nitrogens with one attached hydrogen (secondary N) is 3. The molecule has 1 heterocycles. The van der Waals surface area contributed by atoms with Crippen molar-refractivity contribution in [2.24, 2.45) is 4.99 Å². The van der Waals surface area contributed by atoms with Gasteiger partial charge in [0.15, 0.2) is 5.96 Å². The molecule has 160 valence electrons. The van der Waals surface area contributed by atoms with Gasteiger partial charge < -0.3 is 20.7 Å². The number of carbonyl (C=O) groups excluding carboxylic acids is 1. The van der Waals surface area contributed by atoms with Crippen LogP contribution in [0.25, 0.3) is 0 Å². The number of hydrogen-bond donors (Lipinski definition) is 3. The minimum Gasteiger partial charge on any atom is -0.376 e. The molecule has 1 fully saturated rings. The highest BCUT2D eigenvalue weighted by atomic mass is 16.5. The first-order chi connectivity index (χ1) is 14.7. The lowest BCUT2D eigenvalue weighted by Gasteiger charge is -2.16. The zero-order valence-electron chi connectivity index (χ0n) is 17.9. The Morgan fingerprint density at radius 3 is 2.70 bits per heavy atom. The zero-order valence-corrected chi connectivity index (χ0v) is 17.9. The van der Waals surface area contributed by atoms with Crippen molar-refractivity contribution in [3.8, 4) is 0 Å². The second-order valence-electron chi connectivity index (χ2n) is 7.66. The summed E-state index contributed by atoms with van der Waals surface area (Å²) in [7, 11) is 1.76. The molecule has 1 aliphatic heterocycles. The molecule has 6 nitrogen and oxygen atoms in total. The minimum atomic E-state index is -0.0634. The molecular formula is C24H32N4O2. The lowest BCUT2D eigenvalue weighted by atomic mass is 10.0. The number of carbonyl (C=O) groups is 1. The predicted molar refractivity (Wildman–Crippen MR) is 121 cm³/mol. The molecule has 2 aromatic carbocycles. The van der Waals surface area contributed by atoms with E-state index in [0.29, 0.717) is 24.6 Å². The quantitative estimate of drug-likeness (QED) is 0.464. The molecule has 3 rings (SSSR count). The van der Waals surface area contributed by atoms with Crippen molar-refractivity contribution in [3.05, 3.63) is 71.3 Å². The van der Waals surface area contributed by atoms with E-state index >= 15 is 0 Å². The van der Waals surface area contributed by atoms with Crippen molar-refractivity contribution in [2.75, 3.05) is 26.7 Å². The molecule has 3 N–H and O–H groups in total. The van der Waals surface area contributed by atoms with Crippen LogP contribution < -0.4 is 16.0 Å². The standard InChI is InChI=1S/C24H32N4O2/c1-18(20-9-4-3-5-10-20)15-27-24(25-2)28-16-19-8-6-11-21(14-19)23(29)26-17-22-12-7-13-30-22/h3-6,8-11,14,18,22H,7,12-13,15-17H2,1-2H3,(H,26,29)(H2,25,27,28). The molecule has 30 heavy (non-hydrogen) atoms. The predicted octanol–water partition coefficient (Wildman–Crippen LogP) is 3.06. The highest BCUT2D eigenvalue weighted by Crippen LogP contribution is 2.13. The van der Waals surface area contributed by atoms with Crippen LogP contribution in [0.15, 0.2) is 59.6 Å². The van der Waals surface area contributed by atoms with Crippen LogP contribution in [-0.4, -0.2) is 44.7 Å². The Labute approximate surface area is 179 Å². The maximum absolute atomic E-state index is 12.4. The molecule has 0 bridgehead atoms. The molecule has 1 aliphatic rings. The summed E-state index contributed by atoms with van der Waals surface area (Å²) in [6, 6.07) is 18.1. The zero-order chi connectivity index (χ0) is 21.2. The molecular weight excluding hydrogens is 376 g/mol. The summed E-state index contributed by atoms with van der Waals surface area (Å²) in [5, 5.41) is 9.67. The summed E-state index contributed by atoms with van der Waals surface area (Å²) < 4.78 is 5.56. The first-order valence-corrected chi connectivity index (χ1v) is 10.6. The lowest BCUT2D eigenvalue weighted by molar-refractivity contribution is 0.0857. The third-order valence-electron chi connectivity index (χ3n) is 5.33. The third kappa shape index (κ3) is 6.59. The number of amides is 1. The van der Waals surface area contributed by atoms with Gasteiger partial charge >= 0.3 is 0 Å². The van der Waals surface area contributed by atoms with E-state index in [2.05, 4.69) is 52.1 Å². The van der Waals surface area contributed by atoms with Crippen molar-refractivity contribution in [1.29, 1.82) is 0 Å². The van der Waals surface area contributed by atoms with Crippen molar-refractivity contribution in [1.82, 2.24) is 16.0 Å². The Morgan fingerprint density at radius 2 is 1.97 bits per heavy atom. The van der Waals surface area contributed by atoms with Gasteiger partial charge in [0.1, 0.15) is 0 Å². The summed E-state index contributed by atoms with van der Waals surface area (Å²) >= 11 is 0. The van der Waals surface area contributed by atoms with Gasteiger partial charge in [-0.05, 0) is 42.0 Å². The van der Waals surface area contributed by atoms with Crippen LogP contribution in [0.2, 0.25) is 0 Å². The number of ether oxygens (including phenoxy) is 1. The van der Waals surface area contributed by atoms with Gasteiger partial charge in [-0.2, -0.15) is 0 Å². The van der Waals surface area contributed by atoms with Gasteiger partial charge in [0.2, 0.25) is 0 Å². The Hall–Kier alpha value is -2.86. The van der Waals surface area contributed by atoms with Gasteiger partial charge in [-0.1, -0.05) is 49.4 Å². The van der Waals surface area contributed by atoms with Crippen LogP contribution in [-0.2, 0) is 11.3 Å². The number of hydrogen-bond acceptors (Lipinski definition) is 3. The molecule has 0 aromatic heterocycles. The topological polar surface area (TPSA) is 74.8 Å². The van der Waals surface area contributed by atoms with Gasteiger partial charge in [0.05, 0.1) is 6.10 Å². The molecule has 0 radical (unpaired) electrons. The highest BCUT2D eigenvalue weighted by molar-refractivity contribution is 5.94. The van der Waals surface area contributed by atoms with E-state index in [4.69, 9.17) is 4.74 Å². The summed E-state index contributed by atoms with van der Waals surface area (Å²) in [4.78, 5) is 16.7. The van der Waals surface area contributed by atoms with Gasteiger partial charge in [-0.25, -0.2) is 0 Å². The first-order valence-electron chi connectivity index (χ1n) is 10.6. The van der Waals surface area contributed by atoms with Crippen molar-refractivity contribution < 1.29 is 9.53 Å². The molecule has 2 unspecified atom stereocenters. The SMILES string of the molecule is CN=C(NCc1cccc(C(=O)NCC2CCCO2)c1)NCC(C)c1ccccc1. The summed E-state index contributed by atoms with van der Waals surface area (Å²) in [6.45, 7) is 4.93. The van der Waals surface area contributed by atoms with Crippen LogP contribution in [0.1, 0.15) is 47.2 Å². The van der Waals surface area contributed by atoms with Crippen molar-refractivity contribution in [3.63, 3.8) is 0 Å². The highest BCUT2D eigenvalue weighted by Gasteiger charge is 2.16. The minimum absolute atomic E-state index is 0.0634. The van der Waals surface area contributed by atoms with Crippen LogP contribution in [0.4, 0.5) is 0 Å². The van der Waals surface area contributed by atoms with Crippen LogP contribution in [0, 0.1) is 0 Å². The Kier molecular flexibility index (Phi) is 8.27. The van der Waals surface area contributed by atoms with E-state index < -0.39 is 0 Å². The fraction of sp³-hybridized carbons (Fsp3) is 0.417. The van der Waals surface area contributed by atoms with Crippen molar-refractivity contribution in [2.45, 2.75) is 38.3 Å². The van der Waals surface area contributed by atoms with E-state index in [-0.39, 0.29) is 12.0 Å². The fourth-order valence-electron chi connectivity index (χ4n) is 3.49. The second-order valence-corrected chi connectivity index (χ2v) is 7.66. The molecule has 2 atom stereocenters. The second kappa shape index (κ2) is 11.4. The molecule has 0 saturated carbocycles. The smallest absolute Gasteiger partial charge is 0.251 e. The van der Waals surface area contributed by atoms with E-state index in [1.165, 1.54) is 5.56 Å². The van der Waals surface area contributed by atoms with E-state index in [9.17, 15) is 4.79 Å². The molecule has 0 spiro atoms. The summed E-state index contributed by atoms with van der Waals surface area (Å²) in [5.74, 6) is 1.05. The summed E-state index contributed by atoms with van der Waals surface area (Å²) in [6.07, 6.45) is 2.23. The number of guanidine groups is 1. The number of rotatable bonds is 8. The normalized spacial score (nSPS) is 17.4. The lowest BCUT2D eigenvalue weighted by Crippen LogP contribution is -2.38. The van der Waals surface area contributed by atoms with Crippen LogP contribution in [0.3, 0.4) is 0 Å². The molecule has 0 aliphatic carbocycles. The largest absolute Gasteiger partial charge is 0.376 e. The average molecular weight is 409 g/mol. The van der Waals surface area contributed by atoms with Gasteiger partial charge in [-0.3, -0.25) is 9.79 Å².